The van der Waals surface area contributed by atoms with Crippen LogP contribution in [0, 0.1) is 5.92 Å². The van der Waals surface area contributed by atoms with Gasteiger partial charge in [-0.05, 0) is 85.6 Å². The summed E-state index contributed by atoms with van der Waals surface area (Å²) in [6.07, 6.45) is 13.0. The van der Waals surface area contributed by atoms with E-state index in [2.05, 4.69) is 55.5 Å². The number of unbranched alkanes of at least 4 members (excludes halogenated alkanes) is 2. The first-order valence-electron chi connectivity index (χ1n) is 11.4. The second-order valence-electron chi connectivity index (χ2n) is 8.36. The zero-order chi connectivity index (χ0) is 20.3. The van der Waals surface area contributed by atoms with Gasteiger partial charge in [-0.3, -0.25) is 0 Å². The lowest BCUT2D eigenvalue weighted by Gasteiger charge is -2.28. The summed E-state index contributed by atoms with van der Waals surface area (Å²) in [6, 6.07) is 17.6. The van der Waals surface area contributed by atoms with E-state index in [1.165, 1.54) is 55.2 Å². The Morgan fingerprint density at radius 3 is 2.17 bits per heavy atom. The van der Waals surface area contributed by atoms with Crippen molar-refractivity contribution in [2.45, 2.75) is 70.6 Å². The first kappa shape index (κ1) is 21.6. The normalized spacial score (nSPS) is 19.5. The second kappa shape index (κ2) is 11.8. The molecule has 1 aliphatic carbocycles. The number of halogens is 1. The molecule has 2 aromatic rings. The van der Waals surface area contributed by atoms with Crippen molar-refractivity contribution in [3.63, 3.8) is 0 Å². The number of hydrogen-bond acceptors (Lipinski definition) is 1. The molecule has 0 bridgehead atoms. The van der Waals surface area contributed by atoms with Crippen molar-refractivity contribution in [1.29, 1.82) is 0 Å². The number of benzene rings is 2. The molecule has 1 fully saturated rings. The predicted molar refractivity (Wildman–Crippen MR) is 121 cm³/mol. The zero-order valence-corrected chi connectivity index (χ0v) is 17.8. The highest BCUT2D eigenvalue weighted by Crippen LogP contribution is 2.38. The lowest BCUT2D eigenvalue weighted by Crippen LogP contribution is -2.13. The molecule has 2 aromatic carbocycles. The molecule has 0 aliphatic heterocycles. The van der Waals surface area contributed by atoms with E-state index >= 15 is 0 Å². The van der Waals surface area contributed by atoms with Gasteiger partial charge in [-0.2, -0.15) is 0 Å². The molecule has 0 N–H and O–H groups in total. The Balaban J connectivity index is 1.50. The molecule has 0 heterocycles. The number of rotatable bonds is 10. The van der Waals surface area contributed by atoms with Crippen molar-refractivity contribution in [3.8, 4) is 16.9 Å². The van der Waals surface area contributed by atoms with Crippen molar-refractivity contribution < 1.29 is 9.13 Å². The fourth-order valence-electron chi connectivity index (χ4n) is 4.41. The van der Waals surface area contributed by atoms with Crippen LogP contribution in [0.1, 0.15) is 76.2 Å². The largest absolute Gasteiger partial charge is 0.494 e. The van der Waals surface area contributed by atoms with Gasteiger partial charge in [0.2, 0.25) is 0 Å². The van der Waals surface area contributed by atoms with Crippen molar-refractivity contribution in [1.82, 2.24) is 0 Å². The molecular weight excluding hydrogens is 359 g/mol. The van der Waals surface area contributed by atoms with Gasteiger partial charge >= 0.3 is 0 Å². The minimum Gasteiger partial charge on any atom is -0.494 e. The molecule has 1 nitrogen and oxygen atoms in total. The number of hydrogen-bond donors (Lipinski definition) is 0. The highest BCUT2D eigenvalue weighted by atomic mass is 19.1. The summed E-state index contributed by atoms with van der Waals surface area (Å²) in [6.45, 7) is 3.01. The average Bonchev–Trinajstić information content (AvgIpc) is 2.78. The van der Waals surface area contributed by atoms with Gasteiger partial charge in [-0.1, -0.05) is 62.2 Å². The van der Waals surface area contributed by atoms with Crippen molar-refractivity contribution in [2.24, 2.45) is 5.92 Å². The van der Waals surface area contributed by atoms with Gasteiger partial charge in [0.25, 0.3) is 0 Å². The van der Waals surface area contributed by atoms with Crippen LogP contribution in [0.5, 0.6) is 5.75 Å². The van der Waals surface area contributed by atoms with E-state index in [9.17, 15) is 4.39 Å². The van der Waals surface area contributed by atoms with E-state index in [1.807, 2.05) is 0 Å². The predicted octanol–water partition coefficient (Wildman–Crippen LogP) is 8.46. The maximum Gasteiger partial charge on any atom is 0.119 e. The molecule has 0 unspecified atom stereocenters. The highest BCUT2D eigenvalue weighted by Gasteiger charge is 2.21. The monoisotopic (exact) mass is 394 g/mol. The Bertz CT molecular complexity index is 724. The van der Waals surface area contributed by atoms with Crippen LogP contribution in [0.25, 0.3) is 11.1 Å². The van der Waals surface area contributed by atoms with E-state index in [1.54, 1.807) is 6.08 Å². The summed E-state index contributed by atoms with van der Waals surface area (Å²) < 4.78 is 17.9. The van der Waals surface area contributed by atoms with Gasteiger partial charge in [0.15, 0.2) is 0 Å². The van der Waals surface area contributed by atoms with Crippen LogP contribution < -0.4 is 4.74 Å². The van der Waals surface area contributed by atoms with Crippen LogP contribution in [0.15, 0.2) is 60.9 Å². The second-order valence-corrected chi connectivity index (χ2v) is 8.36. The molecule has 156 valence electrons. The molecule has 3 rings (SSSR count). The quantitative estimate of drug-likeness (QED) is 0.367. The van der Waals surface area contributed by atoms with Crippen LogP contribution >= 0.6 is 0 Å². The SMILES string of the molecule is CCCCCOc1ccc(-c2ccc(C3CCC(CCC=CF)CC3)cc2)cc1. The Kier molecular flexibility index (Phi) is 8.80. The molecule has 1 saturated carbocycles. The van der Waals surface area contributed by atoms with E-state index in [4.69, 9.17) is 4.74 Å². The third-order valence-electron chi connectivity index (χ3n) is 6.26. The molecule has 0 amide bonds. The Labute approximate surface area is 176 Å². The standard InChI is InChI=1S/C27H35FO/c1-2-3-6-21-29-27-18-16-26(17-19-27)25-14-12-24(13-15-25)23-10-8-22(9-11-23)7-4-5-20-28/h5,12-20,22-23H,2-4,6-11,21H2,1H3. The van der Waals surface area contributed by atoms with Gasteiger partial charge in [0, 0.05) is 0 Å². The molecule has 0 radical (unpaired) electrons. The van der Waals surface area contributed by atoms with E-state index in [-0.39, 0.29) is 0 Å². The first-order valence-corrected chi connectivity index (χ1v) is 11.4. The molecule has 29 heavy (non-hydrogen) atoms. The maximum atomic E-state index is 12.1. The Morgan fingerprint density at radius 1 is 0.897 bits per heavy atom. The number of ether oxygens (including phenoxy) is 1. The minimum absolute atomic E-state index is 0.677. The topological polar surface area (TPSA) is 9.23 Å². The van der Waals surface area contributed by atoms with Gasteiger partial charge in [0.1, 0.15) is 5.75 Å². The third-order valence-corrected chi connectivity index (χ3v) is 6.26. The van der Waals surface area contributed by atoms with Crippen molar-refractivity contribution in [2.75, 3.05) is 6.61 Å². The van der Waals surface area contributed by atoms with Crippen LogP contribution in [0.4, 0.5) is 4.39 Å². The molecule has 0 atom stereocenters. The fraction of sp³-hybridized carbons (Fsp3) is 0.481. The lowest BCUT2D eigenvalue weighted by atomic mass is 9.77. The molecule has 0 spiro atoms. The molecular formula is C27H35FO. The first-order chi connectivity index (χ1) is 14.3. The van der Waals surface area contributed by atoms with E-state index in [0.717, 1.165) is 37.5 Å². The molecule has 0 aromatic heterocycles. The summed E-state index contributed by atoms with van der Waals surface area (Å²) in [5, 5.41) is 0. The smallest absolute Gasteiger partial charge is 0.119 e. The fourth-order valence-corrected chi connectivity index (χ4v) is 4.41. The Hall–Kier alpha value is -2.09. The summed E-state index contributed by atoms with van der Waals surface area (Å²) in [4.78, 5) is 0. The molecule has 2 heteroatoms. The van der Waals surface area contributed by atoms with Crippen molar-refractivity contribution >= 4 is 0 Å². The van der Waals surface area contributed by atoms with Crippen LogP contribution in [0.3, 0.4) is 0 Å². The van der Waals surface area contributed by atoms with Gasteiger partial charge in [-0.15, -0.1) is 0 Å². The zero-order valence-electron chi connectivity index (χ0n) is 17.8. The van der Waals surface area contributed by atoms with Gasteiger partial charge in [-0.25, -0.2) is 4.39 Å². The van der Waals surface area contributed by atoms with Crippen LogP contribution in [0.2, 0.25) is 0 Å². The van der Waals surface area contributed by atoms with Gasteiger partial charge in [0.05, 0.1) is 12.9 Å². The summed E-state index contributed by atoms with van der Waals surface area (Å²) in [7, 11) is 0. The minimum atomic E-state index is 0.677. The average molecular weight is 395 g/mol. The van der Waals surface area contributed by atoms with E-state index < -0.39 is 0 Å². The summed E-state index contributed by atoms with van der Waals surface area (Å²) in [5.41, 5.74) is 3.96. The number of allylic oxidation sites excluding steroid dienone is 1. The maximum absolute atomic E-state index is 12.1. The third kappa shape index (κ3) is 6.73. The molecule has 1 aliphatic rings. The summed E-state index contributed by atoms with van der Waals surface area (Å²) in [5.74, 6) is 2.40. The van der Waals surface area contributed by atoms with Gasteiger partial charge < -0.3 is 4.74 Å². The lowest BCUT2D eigenvalue weighted by molar-refractivity contribution is 0.306. The van der Waals surface area contributed by atoms with E-state index in [0.29, 0.717) is 12.2 Å². The van der Waals surface area contributed by atoms with Crippen molar-refractivity contribution in [3.05, 3.63) is 66.5 Å². The highest BCUT2D eigenvalue weighted by molar-refractivity contribution is 5.64. The van der Waals surface area contributed by atoms with Crippen LogP contribution in [-0.2, 0) is 0 Å². The van der Waals surface area contributed by atoms with Crippen LogP contribution in [-0.4, -0.2) is 6.61 Å². The molecule has 0 saturated heterocycles. The Morgan fingerprint density at radius 2 is 1.55 bits per heavy atom. The summed E-state index contributed by atoms with van der Waals surface area (Å²) >= 11 is 0.